The number of hydrogen-bond donors (Lipinski definition) is 1. The Labute approximate surface area is 89.1 Å². The van der Waals surface area contributed by atoms with Crippen LogP contribution in [0.25, 0.3) is 0 Å². The lowest BCUT2D eigenvalue weighted by molar-refractivity contribution is 0.284. The van der Waals surface area contributed by atoms with Crippen molar-refractivity contribution in [2.45, 2.75) is 39.2 Å². The number of nitrogens with one attached hydrogen (secondary N) is 1. The Morgan fingerprint density at radius 2 is 2.20 bits per heavy atom. The first kappa shape index (κ1) is 10.3. The molecule has 0 saturated heterocycles. The largest absolute Gasteiger partial charge is 0.365 e. The van der Waals surface area contributed by atoms with E-state index in [2.05, 4.69) is 22.2 Å². The first-order valence-electron chi connectivity index (χ1n) is 5.42. The minimum atomic E-state index is -0.330. The molecular weight excluding hydrogens is 193 g/mol. The van der Waals surface area contributed by atoms with E-state index < -0.39 is 0 Å². The van der Waals surface area contributed by atoms with Crippen molar-refractivity contribution in [2.24, 2.45) is 5.92 Å². The van der Waals surface area contributed by atoms with Gasteiger partial charge in [-0.05, 0) is 32.6 Å². The molecule has 1 aliphatic rings. The summed E-state index contributed by atoms with van der Waals surface area (Å²) in [6, 6.07) is 0.294. The molecule has 1 atom stereocenters. The summed E-state index contributed by atoms with van der Waals surface area (Å²) in [4.78, 5) is 7.72. The van der Waals surface area contributed by atoms with E-state index in [1.165, 1.54) is 25.6 Å². The lowest BCUT2D eigenvalue weighted by Gasteiger charge is -2.32. The molecule has 1 aromatic heterocycles. The number of anilines is 1. The molecule has 1 fully saturated rings. The quantitative estimate of drug-likeness (QED) is 0.831. The molecule has 0 aliphatic heterocycles. The summed E-state index contributed by atoms with van der Waals surface area (Å²) in [5.41, 5.74) is 0.397. The molecule has 1 aliphatic carbocycles. The van der Waals surface area contributed by atoms with Gasteiger partial charge in [0.2, 0.25) is 0 Å². The second-order valence-electron chi connectivity index (χ2n) is 4.25. The first-order valence-corrected chi connectivity index (χ1v) is 5.42. The van der Waals surface area contributed by atoms with E-state index in [9.17, 15) is 4.39 Å². The molecule has 1 saturated carbocycles. The molecule has 1 N–H and O–H groups in total. The van der Waals surface area contributed by atoms with Crippen molar-refractivity contribution in [3.8, 4) is 0 Å². The number of aryl methyl sites for hydroxylation is 1. The van der Waals surface area contributed by atoms with Crippen molar-refractivity contribution in [1.82, 2.24) is 9.97 Å². The van der Waals surface area contributed by atoms with E-state index in [0.29, 0.717) is 23.5 Å². The molecule has 4 heteroatoms. The SMILES string of the molecule is Cc1ncnc(NC(C)C2CCC2)c1F. The fraction of sp³-hybridized carbons (Fsp3) is 0.636. The Morgan fingerprint density at radius 3 is 2.80 bits per heavy atom. The average molecular weight is 209 g/mol. The molecular formula is C11H16FN3. The number of aromatic nitrogens is 2. The van der Waals surface area contributed by atoms with Gasteiger partial charge < -0.3 is 5.32 Å². The molecule has 15 heavy (non-hydrogen) atoms. The summed E-state index contributed by atoms with van der Waals surface area (Å²) in [5, 5.41) is 3.13. The maximum Gasteiger partial charge on any atom is 0.186 e. The van der Waals surface area contributed by atoms with Gasteiger partial charge in [-0.2, -0.15) is 0 Å². The Morgan fingerprint density at radius 1 is 1.47 bits per heavy atom. The van der Waals surface area contributed by atoms with Crippen molar-refractivity contribution in [3.05, 3.63) is 17.8 Å². The van der Waals surface area contributed by atoms with Crippen LogP contribution in [-0.4, -0.2) is 16.0 Å². The van der Waals surface area contributed by atoms with Crippen molar-refractivity contribution in [3.63, 3.8) is 0 Å². The number of halogens is 1. The zero-order valence-electron chi connectivity index (χ0n) is 9.13. The summed E-state index contributed by atoms with van der Waals surface area (Å²) in [7, 11) is 0. The predicted octanol–water partition coefficient (Wildman–Crippen LogP) is 2.52. The van der Waals surface area contributed by atoms with Crippen LogP contribution in [0.4, 0.5) is 10.2 Å². The molecule has 0 aromatic carbocycles. The summed E-state index contributed by atoms with van der Waals surface area (Å²) in [6.45, 7) is 3.73. The predicted molar refractivity (Wildman–Crippen MR) is 57.2 cm³/mol. The van der Waals surface area contributed by atoms with Gasteiger partial charge in [-0.25, -0.2) is 14.4 Å². The molecule has 1 aromatic rings. The smallest absolute Gasteiger partial charge is 0.186 e. The van der Waals surface area contributed by atoms with Gasteiger partial charge in [0.25, 0.3) is 0 Å². The van der Waals surface area contributed by atoms with Gasteiger partial charge in [-0.1, -0.05) is 6.42 Å². The van der Waals surface area contributed by atoms with Gasteiger partial charge in [0.15, 0.2) is 11.6 Å². The van der Waals surface area contributed by atoms with E-state index in [1.807, 2.05) is 0 Å². The second-order valence-corrected chi connectivity index (χ2v) is 4.25. The minimum absolute atomic E-state index is 0.294. The fourth-order valence-electron chi connectivity index (χ4n) is 1.83. The molecule has 82 valence electrons. The third-order valence-electron chi connectivity index (χ3n) is 3.19. The van der Waals surface area contributed by atoms with Crippen LogP contribution < -0.4 is 5.32 Å². The monoisotopic (exact) mass is 209 g/mol. The van der Waals surface area contributed by atoms with Crippen LogP contribution in [0.3, 0.4) is 0 Å². The summed E-state index contributed by atoms with van der Waals surface area (Å²) >= 11 is 0. The van der Waals surface area contributed by atoms with E-state index >= 15 is 0 Å². The van der Waals surface area contributed by atoms with Crippen molar-refractivity contribution in [2.75, 3.05) is 5.32 Å². The maximum atomic E-state index is 13.6. The zero-order chi connectivity index (χ0) is 10.8. The van der Waals surface area contributed by atoms with E-state index in [1.54, 1.807) is 6.92 Å². The number of hydrogen-bond acceptors (Lipinski definition) is 3. The standard InChI is InChI=1S/C11H16FN3/c1-7(9-4-3-5-9)15-11-10(12)8(2)13-6-14-11/h6-7,9H,3-5H2,1-2H3,(H,13,14,15). The third kappa shape index (κ3) is 2.08. The number of rotatable bonds is 3. The fourth-order valence-corrected chi connectivity index (χ4v) is 1.83. The van der Waals surface area contributed by atoms with E-state index in [0.717, 1.165) is 0 Å². The van der Waals surface area contributed by atoms with E-state index in [-0.39, 0.29) is 5.82 Å². The Hall–Kier alpha value is -1.19. The second kappa shape index (κ2) is 4.13. The van der Waals surface area contributed by atoms with Crippen LogP contribution in [0.5, 0.6) is 0 Å². The average Bonchev–Trinajstić information content (AvgIpc) is 2.10. The van der Waals surface area contributed by atoms with Crippen LogP contribution in [0.1, 0.15) is 31.9 Å². The van der Waals surface area contributed by atoms with Crippen molar-refractivity contribution < 1.29 is 4.39 Å². The first-order chi connectivity index (χ1) is 7.18. The minimum Gasteiger partial charge on any atom is -0.365 e. The summed E-state index contributed by atoms with van der Waals surface area (Å²) < 4.78 is 13.6. The van der Waals surface area contributed by atoms with Crippen LogP contribution in [0, 0.1) is 18.7 Å². The molecule has 0 spiro atoms. The van der Waals surface area contributed by atoms with Gasteiger partial charge in [0, 0.05) is 6.04 Å². The van der Waals surface area contributed by atoms with Gasteiger partial charge in [-0.15, -0.1) is 0 Å². The lowest BCUT2D eigenvalue weighted by atomic mass is 9.80. The zero-order valence-corrected chi connectivity index (χ0v) is 9.13. The van der Waals surface area contributed by atoms with Crippen LogP contribution in [0.2, 0.25) is 0 Å². The topological polar surface area (TPSA) is 37.8 Å². The normalized spacial score (nSPS) is 18.3. The Balaban J connectivity index is 2.06. The highest BCUT2D eigenvalue weighted by atomic mass is 19.1. The highest BCUT2D eigenvalue weighted by Gasteiger charge is 2.24. The van der Waals surface area contributed by atoms with E-state index in [4.69, 9.17) is 0 Å². The highest BCUT2D eigenvalue weighted by Crippen LogP contribution is 2.31. The molecule has 2 rings (SSSR count). The van der Waals surface area contributed by atoms with Crippen LogP contribution >= 0.6 is 0 Å². The molecule has 0 bridgehead atoms. The van der Waals surface area contributed by atoms with Crippen LogP contribution in [0.15, 0.2) is 6.33 Å². The Bertz CT molecular complexity index is 350. The molecule has 0 amide bonds. The summed E-state index contributed by atoms with van der Waals surface area (Å²) in [6.07, 6.45) is 5.16. The van der Waals surface area contributed by atoms with Gasteiger partial charge >= 0.3 is 0 Å². The molecule has 0 radical (unpaired) electrons. The van der Waals surface area contributed by atoms with Crippen molar-refractivity contribution >= 4 is 5.82 Å². The summed E-state index contributed by atoms with van der Waals surface area (Å²) in [5.74, 6) is 0.672. The highest BCUT2D eigenvalue weighted by molar-refractivity contribution is 5.38. The number of nitrogens with zero attached hydrogens (tertiary/aromatic N) is 2. The molecule has 1 unspecified atom stereocenters. The maximum absolute atomic E-state index is 13.6. The van der Waals surface area contributed by atoms with Crippen molar-refractivity contribution in [1.29, 1.82) is 0 Å². The Kier molecular flexibility index (Phi) is 2.84. The molecule has 3 nitrogen and oxygen atoms in total. The van der Waals surface area contributed by atoms with Gasteiger partial charge in [0.05, 0.1) is 5.69 Å². The van der Waals surface area contributed by atoms with Crippen LogP contribution in [-0.2, 0) is 0 Å². The third-order valence-corrected chi connectivity index (χ3v) is 3.19. The van der Waals surface area contributed by atoms with Gasteiger partial charge in [0.1, 0.15) is 6.33 Å². The van der Waals surface area contributed by atoms with Gasteiger partial charge in [-0.3, -0.25) is 0 Å². The molecule has 1 heterocycles. The lowest BCUT2D eigenvalue weighted by Crippen LogP contribution is -2.31.